The van der Waals surface area contributed by atoms with E-state index < -0.39 is 0 Å². The quantitative estimate of drug-likeness (QED) is 0.367. The Morgan fingerprint density at radius 2 is 1.52 bits per heavy atom. The van der Waals surface area contributed by atoms with Gasteiger partial charge < -0.3 is 9.73 Å². The lowest BCUT2D eigenvalue weighted by molar-refractivity contribution is -0.113. The van der Waals surface area contributed by atoms with Gasteiger partial charge in [-0.2, -0.15) is 0 Å². The van der Waals surface area contributed by atoms with Crippen LogP contribution in [0.5, 0.6) is 0 Å². The van der Waals surface area contributed by atoms with Gasteiger partial charge in [0.15, 0.2) is 5.76 Å². The number of anilines is 1. The number of carbonyl (C=O) groups is 1. The van der Waals surface area contributed by atoms with E-state index in [2.05, 4.69) is 10.3 Å². The van der Waals surface area contributed by atoms with E-state index in [1.807, 2.05) is 72.8 Å². The fourth-order valence-electron chi connectivity index (χ4n) is 2.82. The van der Waals surface area contributed by atoms with Crippen molar-refractivity contribution in [2.24, 2.45) is 0 Å². The number of thioether (sulfide) groups is 1. The molecular formula is C23H17ClN2O2S. The molecule has 6 heteroatoms. The van der Waals surface area contributed by atoms with E-state index in [-0.39, 0.29) is 11.7 Å². The molecule has 0 bridgehead atoms. The average Bonchev–Trinajstić information content (AvgIpc) is 3.20. The molecule has 1 heterocycles. The van der Waals surface area contributed by atoms with Gasteiger partial charge >= 0.3 is 0 Å². The predicted octanol–water partition coefficient (Wildman–Crippen LogP) is 6.39. The molecule has 1 N–H and O–H groups in total. The minimum absolute atomic E-state index is 0.161. The number of para-hydroxylation sites is 1. The van der Waals surface area contributed by atoms with Crippen molar-refractivity contribution in [2.45, 2.75) is 5.22 Å². The van der Waals surface area contributed by atoms with E-state index in [0.29, 0.717) is 21.7 Å². The van der Waals surface area contributed by atoms with Crippen LogP contribution in [0.15, 0.2) is 94.6 Å². The van der Waals surface area contributed by atoms with Gasteiger partial charge in [0, 0.05) is 11.1 Å². The number of hydrogen-bond acceptors (Lipinski definition) is 4. The van der Waals surface area contributed by atoms with Crippen molar-refractivity contribution in [3.05, 3.63) is 90.0 Å². The van der Waals surface area contributed by atoms with Gasteiger partial charge in [0.2, 0.25) is 5.91 Å². The van der Waals surface area contributed by atoms with Crippen LogP contribution >= 0.6 is 23.4 Å². The van der Waals surface area contributed by atoms with Gasteiger partial charge in [0.25, 0.3) is 5.22 Å². The summed E-state index contributed by atoms with van der Waals surface area (Å²) >= 11 is 7.34. The van der Waals surface area contributed by atoms with Gasteiger partial charge in [0.05, 0.1) is 16.5 Å². The molecule has 0 radical (unpaired) electrons. The molecule has 0 aliphatic carbocycles. The SMILES string of the molecule is O=C(CSc1nc(-c2ccccc2)c(-c2ccccc2)o1)Nc1ccccc1Cl. The van der Waals surface area contributed by atoms with E-state index in [0.717, 1.165) is 16.8 Å². The van der Waals surface area contributed by atoms with Crippen LogP contribution < -0.4 is 5.32 Å². The standard InChI is InChI=1S/C23H17ClN2O2S/c24-18-13-7-8-14-19(18)25-20(27)15-29-23-26-21(16-9-3-1-4-10-16)22(28-23)17-11-5-2-6-12-17/h1-14H,15H2,(H,25,27). The highest BCUT2D eigenvalue weighted by molar-refractivity contribution is 7.99. The van der Waals surface area contributed by atoms with Crippen LogP contribution in [0.3, 0.4) is 0 Å². The summed E-state index contributed by atoms with van der Waals surface area (Å²) in [5.41, 5.74) is 3.24. The average molecular weight is 421 g/mol. The first-order valence-corrected chi connectivity index (χ1v) is 10.4. The van der Waals surface area contributed by atoms with E-state index in [4.69, 9.17) is 16.0 Å². The van der Waals surface area contributed by atoms with Crippen molar-refractivity contribution in [3.8, 4) is 22.6 Å². The molecule has 1 amide bonds. The third-order valence-electron chi connectivity index (χ3n) is 4.17. The molecule has 0 unspecified atom stereocenters. The fraction of sp³-hybridized carbons (Fsp3) is 0.0435. The Labute approximate surface area is 177 Å². The summed E-state index contributed by atoms with van der Waals surface area (Å²) < 4.78 is 6.03. The molecule has 3 aromatic carbocycles. The first-order chi connectivity index (χ1) is 14.2. The molecule has 0 atom stereocenters. The van der Waals surface area contributed by atoms with Crippen molar-refractivity contribution in [1.82, 2.24) is 4.98 Å². The minimum atomic E-state index is -0.177. The summed E-state index contributed by atoms with van der Waals surface area (Å²) in [6.45, 7) is 0. The molecule has 0 fully saturated rings. The Hall–Kier alpha value is -3.02. The molecular weight excluding hydrogens is 404 g/mol. The zero-order valence-electron chi connectivity index (χ0n) is 15.3. The highest BCUT2D eigenvalue weighted by Gasteiger charge is 2.18. The Bertz CT molecular complexity index is 1060. The van der Waals surface area contributed by atoms with Crippen molar-refractivity contribution in [3.63, 3.8) is 0 Å². The number of benzene rings is 3. The fourth-order valence-corrected chi connectivity index (χ4v) is 3.62. The first kappa shape index (κ1) is 19.3. The summed E-state index contributed by atoms with van der Waals surface area (Å²) in [5.74, 6) is 0.670. The monoisotopic (exact) mass is 420 g/mol. The lowest BCUT2D eigenvalue weighted by Crippen LogP contribution is -2.14. The minimum Gasteiger partial charge on any atom is -0.431 e. The van der Waals surface area contributed by atoms with Gasteiger partial charge in [-0.15, -0.1) is 0 Å². The summed E-state index contributed by atoms with van der Waals surface area (Å²) in [4.78, 5) is 17.0. The Balaban J connectivity index is 1.54. The van der Waals surface area contributed by atoms with Crippen molar-refractivity contribution < 1.29 is 9.21 Å². The summed E-state index contributed by atoms with van der Waals surface area (Å²) in [7, 11) is 0. The summed E-state index contributed by atoms with van der Waals surface area (Å²) in [6.07, 6.45) is 0. The molecule has 4 nitrogen and oxygen atoms in total. The topological polar surface area (TPSA) is 55.1 Å². The number of halogens is 1. The van der Waals surface area contributed by atoms with Crippen LogP contribution in [0.1, 0.15) is 0 Å². The van der Waals surface area contributed by atoms with Crippen molar-refractivity contribution in [2.75, 3.05) is 11.1 Å². The van der Waals surface area contributed by atoms with Crippen LogP contribution in [0.4, 0.5) is 5.69 Å². The molecule has 144 valence electrons. The lowest BCUT2D eigenvalue weighted by atomic mass is 10.1. The second kappa shape index (κ2) is 8.99. The first-order valence-electron chi connectivity index (χ1n) is 8.99. The van der Waals surface area contributed by atoms with E-state index in [9.17, 15) is 4.79 Å². The molecule has 0 saturated heterocycles. The van der Waals surface area contributed by atoms with Gasteiger partial charge in [0.1, 0.15) is 5.69 Å². The summed E-state index contributed by atoms with van der Waals surface area (Å²) in [5, 5.41) is 3.75. The largest absolute Gasteiger partial charge is 0.431 e. The molecule has 0 aliphatic heterocycles. The number of oxazole rings is 1. The normalized spacial score (nSPS) is 10.7. The van der Waals surface area contributed by atoms with E-state index in [1.165, 1.54) is 11.8 Å². The summed E-state index contributed by atoms with van der Waals surface area (Å²) in [6, 6.07) is 26.8. The third-order valence-corrected chi connectivity index (χ3v) is 5.32. The number of amides is 1. The van der Waals surface area contributed by atoms with Crippen molar-refractivity contribution >= 4 is 35.0 Å². The molecule has 0 saturated carbocycles. The molecule has 1 aromatic heterocycles. The van der Waals surface area contributed by atoms with Crippen LogP contribution in [-0.4, -0.2) is 16.6 Å². The molecule has 4 aromatic rings. The number of nitrogens with zero attached hydrogens (tertiary/aromatic N) is 1. The lowest BCUT2D eigenvalue weighted by Gasteiger charge is -2.05. The highest BCUT2D eigenvalue weighted by Crippen LogP contribution is 2.35. The maximum atomic E-state index is 12.3. The zero-order valence-corrected chi connectivity index (χ0v) is 16.9. The smallest absolute Gasteiger partial charge is 0.257 e. The van der Waals surface area contributed by atoms with E-state index in [1.54, 1.807) is 12.1 Å². The molecule has 29 heavy (non-hydrogen) atoms. The van der Waals surface area contributed by atoms with Gasteiger partial charge in [-0.05, 0) is 12.1 Å². The maximum absolute atomic E-state index is 12.3. The van der Waals surface area contributed by atoms with Crippen molar-refractivity contribution in [1.29, 1.82) is 0 Å². The number of aromatic nitrogens is 1. The van der Waals surface area contributed by atoms with Gasteiger partial charge in [-0.25, -0.2) is 4.98 Å². The second-order valence-corrected chi connectivity index (χ2v) is 7.54. The number of carbonyl (C=O) groups excluding carboxylic acids is 1. The van der Waals surface area contributed by atoms with Crippen LogP contribution in [0.25, 0.3) is 22.6 Å². The maximum Gasteiger partial charge on any atom is 0.257 e. The molecule has 0 spiro atoms. The predicted molar refractivity (Wildman–Crippen MR) is 118 cm³/mol. The Morgan fingerprint density at radius 1 is 0.897 bits per heavy atom. The Kier molecular flexibility index (Phi) is 5.98. The molecule has 4 rings (SSSR count). The van der Waals surface area contributed by atoms with Crippen LogP contribution in [-0.2, 0) is 4.79 Å². The number of rotatable bonds is 6. The molecule has 0 aliphatic rings. The highest BCUT2D eigenvalue weighted by atomic mass is 35.5. The van der Waals surface area contributed by atoms with Gasteiger partial charge in [-0.3, -0.25) is 4.79 Å². The van der Waals surface area contributed by atoms with Gasteiger partial charge in [-0.1, -0.05) is 96.2 Å². The number of hydrogen-bond donors (Lipinski definition) is 1. The van der Waals surface area contributed by atoms with Crippen LogP contribution in [0, 0.1) is 0 Å². The zero-order chi connectivity index (χ0) is 20.1. The number of nitrogens with one attached hydrogen (secondary N) is 1. The second-order valence-electron chi connectivity index (χ2n) is 6.21. The van der Waals surface area contributed by atoms with Crippen LogP contribution in [0.2, 0.25) is 5.02 Å². The van der Waals surface area contributed by atoms with E-state index >= 15 is 0 Å². The third kappa shape index (κ3) is 4.70. The Morgan fingerprint density at radius 3 is 2.21 bits per heavy atom.